The van der Waals surface area contributed by atoms with E-state index in [0.29, 0.717) is 35.1 Å². The summed E-state index contributed by atoms with van der Waals surface area (Å²) < 4.78 is 41.0. The minimum absolute atomic E-state index is 0.0528. The lowest BCUT2D eigenvalue weighted by Gasteiger charge is -2.21. The zero-order valence-electron chi connectivity index (χ0n) is 23.2. The van der Waals surface area contributed by atoms with Crippen LogP contribution in [0.2, 0.25) is 0 Å². The lowest BCUT2D eigenvalue weighted by molar-refractivity contribution is 0.229. The minimum Gasteiger partial charge on any atom is -0.494 e. The minimum atomic E-state index is -3.72. The molecule has 0 fully saturated rings. The fourth-order valence-corrected chi connectivity index (χ4v) is 6.30. The number of aromatic nitrogens is 1. The van der Waals surface area contributed by atoms with Gasteiger partial charge in [0.1, 0.15) is 16.4 Å². The molecule has 0 N–H and O–H groups in total. The Morgan fingerprint density at radius 1 is 0.811 bits per heavy atom. The van der Waals surface area contributed by atoms with Crippen LogP contribution in [0.4, 0.5) is 0 Å². The SMILES string of the molecule is CCCCN(CCCC)CCCOc1ccc(S(=O)(=O)c2c(C(C)C)cn3cc(OCC)ccc23)cc1. The summed E-state index contributed by atoms with van der Waals surface area (Å²) in [5, 5.41) is 0. The van der Waals surface area contributed by atoms with E-state index in [-0.39, 0.29) is 10.8 Å². The molecule has 3 aromatic rings. The van der Waals surface area contributed by atoms with Gasteiger partial charge in [-0.2, -0.15) is 0 Å². The van der Waals surface area contributed by atoms with Crippen molar-refractivity contribution < 1.29 is 17.9 Å². The van der Waals surface area contributed by atoms with E-state index in [4.69, 9.17) is 9.47 Å². The van der Waals surface area contributed by atoms with E-state index < -0.39 is 9.84 Å². The quantitative estimate of drug-likeness (QED) is 0.188. The second-order valence-electron chi connectivity index (χ2n) is 9.88. The number of ether oxygens (including phenoxy) is 2. The van der Waals surface area contributed by atoms with Crippen molar-refractivity contribution in [3.8, 4) is 11.5 Å². The molecule has 0 aliphatic rings. The number of hydrogen-bond donors (Lipinski definition) is 0. The second kappa shape index (κ2) is 13.9. The summed E-state index contributed by atoms with van der Waals surface area (Å²) in [5.41, 5.74) is 1.45. The lowest BCUT2D eigenvalue weighted by atomic mass is 10.1. The van der Waals surface area contributed by atoms with Crippen molar-refractivity contribution in [3.05, 3.63) is 54.4 Å². The molecular weight excluding hydrogens is 484 g/mol. The molecule has 0 spiro atoms. The fourth-order valence-electron chi connectivity index (χ4n) is 4.52. The molecule has 0 aliphatic heterocycles. The van der Waals surface area contributed by atoms with Crippen molar-refractivity contribution in [2.24, 2.45) is 0 Å². The maximum atomic E-state index is 13.8. The molecule has 0 atom stereocenters. The van der Waals surface area contributed by atoms with Crippen LogP contribution in [-0.4, -0.2) is 50.6 Å². The summed E-state index contributed by atoms with van der Waals surface area (Å²) in [4.78, 5) is 3.16. The summed E-state index contributed by atoms with van der Waals surface area (Å²) in [6, 6.07) is 10.5. The van der Waals surface area contributed by atoms with Gasteiger partial charge in [-0.1, -0.05) is 40.5 Å². The molecule has 0 saturated carbocycles. The first kappa shape index (κ1) is 29.1. The van der Waals surface area contributed by atoms with E-state index in [0.717, 1.165) is 31.6 Å². The van der Waals surface area contributed by atoms with Crippen LogP contribution >= 0.6 is 0 Å². The third-order valence-corrected chi connectivity index (χ3v) is 8.48. The van der Waals surface area contributed by atoms with E-state index in [1.54, 1.807) is 24.3 Å². The molecule has 0 saturated heterocycles. The monoisotopic (exact) mass is 528 g/mol. The van der Waals surface area contributed by atoms with Crippen LogP contribution in [0.25, 0.3) is 5.52 Å². The van der Waals surface area contributed by atoms with E-state index >= 15 is 0 Å². The van der Waals surface area contributed by atoms with Crippen LogP contribution in [0, 0.1) is 0 Å². The normalized spacial score (nSPS) is 12.1. The van der Waals surface area contributed by atoms with Gasteiger partial charge in [0.2, 0.25) is 9.84 Å². The number of unbranched alkanes of at least 4 members (excludes halogenated alkanes) is 2. The van der Waals surface area contributed by atoms with E-state index in [1.165, 1.54) is 25.7 Å². The lowest BCUT2D eigenvalue weighted by Crippen LogP contribution is -2.28. The van der Waals surface area contributed by atoms with Crippen LogP contribution in [0.5, 0.6) is 11.5 Å². The summed E-state index contributed by atoms with van der Waals surface area (Å²) in [6.07, 6.45) is 9.56. The van der Waals surface area contributed by atoms with Gasteiger partial charge in [0.15, 0.2) is 0 Å². The Bertz CT molecular complexity index is 1210. The van der Waals surface area contributed by atoms with Crippen molar-refractivity contribution in [1.82, 2.24) is 9.30 Å². The number of nitrogens with zero attached hydrogens (tertiary/aromatic N) is 2. The van der Waals surface area contributed by atoms with Gasteiger partial charge in [-0.05, 0) is 87.2 Å². The number of benzene rings is 1. The van der Waals surface area contributed by atoms with Crippen LogP contribution in [-0.2, 0) is 9.84 Å². The zero-order chi connectivity index (χ0) is 26.8. The zero-order valence-corrected chi connectivity index (χ0v) is 24.0. The predicted molar refractivity (Wildman–Crippen MR) is 151 cm³/mol. The Labute approximate surface area is 223 Å². The molecule has 0 aliphatic carbocycles. The smallest absolute Gasteiger partial charge is 0.209 e. The number of rotatable bonds is 16. The Morgan fingerprint density at radius 2 is 1.43 bits per heavy atom. The highest BCUT2D eigenvalue weighted by Gasteiger charge is 2.27. The van der Waals surface area contributed by atoms with Gasteiger partial charge in [-0.25, -0.2) is 8.42 Å². The highest BCUT2D eigenvalue weighted by molar-refractivity contribution is 7.91. The maximum Gasteiger partial charge on any atom is 0.209 e. The molecule has 2 aromatic heterocycles. The molecular formula is C30H44N2O4S. The molecule has 0 unspecified atom stereocenters. The van der Waals surface area contributed by atoms with Crippen LogP contribution < -0.4 is 9.47 Å². The Hall–Kier alpha value is -2.51. The third-order valence-electron chi connectivity index (χ3n) is 6.60. The van der Waals surface area contributed by atoms with Crippen molar-refractivity contribution in [2.45, 2.75) is 82.4 Å². The van der Waals surface area contributed by atoms with E-state index in [1.807, 2.05) is 49.7 Å². The second-order valence-corrected chi connectivity index (χ2v) is 11.8. The fraction of sp³-hybridized carbons (Fsp3) is 0.533. The van der Waals surface area contributed by atoms with Crippen molar-refractivity contribution >= 4 is 15.4 Å². The van der Waals surface area contributed by atoms with Crippen LogP contribution in [0.15, 0.2) is 58.6 Å². The third kappa shape index (κ3) is 7.51. The van der Waals surface area contributed by atoms with Crippen LogP contribution in [0.3, 0.4) is 0 Å². The number of sulfone groups is 1. The van der Waals surface area contributed by atoms with E-state index in [2.05, 4.69) is 18.7 Å². The van der Waals surface area contributed by atoms with E-state index in [9.17, 15) is 8.42 Å². The topological polar surface area (TPSA) is 60.2 Å². The molecule has 7 heteroatoms. The molecule has 204 valence electrons. The number of fused-ring (bicyclic) bond motifs is 1. The Kier molecular flexibility index (Phi) is 10.9. The van der Waals surface area contributed by atoms with Crippen molar-refractivity contribution in [3.63, 3.8) is 0 Å². The largest absolute Gasteiger partial charge is 0.494 e. The average molecular weight is 529 g/mol. The average Bonchev–Trinajstić information content (AvgIpc) is 3.28. The van der Waals surface area contributed by atoms with Gasteiger partial charge >= 0.3 is 0 Å². The van der Waals surface area contributed by atoms with Crippen LogP contribution in [0.1, 0.15) is 78.2 Å². The molecule has 37 heavy (non-hydrogen) atoms. The van der Waals surface area contributed by atoms with Gasteiger partial charge in [0.25, 0.3) is 0 Å². The summed E-state index contributed by atoms with van der Waals surface area (Å²) in [7, 11) is -3.72. The summed E-state index contributed by atoms with van der Waals surface area (Å²) in [6.45, 7) is 14.9. The molecule has 3 rings (SSSR count). The molecule has 0 radical (unpaired) electrons. The maximum absolute atomic E-state index is 13.8. The van der Waals surface area contributed by atoms with Crippen molar-refractivity contribution in [1.29, 1.82) is 0 Å². The van der Waals surface area contributed by atoms with Gasteiger partial charge in [0, 0.05) is 12.7 Å². The van der Waals surface area contributed by atoms with Gasteiger partial charge < -0.3 is 18.8 Å². The molecule has 1 aromatic carbocycles. The van der Waals surface area contributed by atoms with Crippen molar-refractivity contribution in [2.75, 3.05) is 32.8 Å². The molecule has 6 nitrogen and oxygen atoms in total. The first-order valence-corrected chi connectivity index (χ1v) is 15.3. The standard InChI is InChI=1S/C30H44N2O4S/c1-6-9-18-31(19-10-7-2)20-11-21-36-25-12-15-27(16-13-25)37(33,34)30-28(24(4)5)23-32-22-26(35-8-3)14-17-29(30)32/h12-17,22-24H,6-11,18-21H2,1-5H3. The Balaban J connectivity index is 1.71. The van der Waals surface area contributed by atoms with Gasteiger partial charge in [-0.15, -0.1) is 0 Å². The first-order valence-electron chi connectivity index (χ1n) is 13.8. The number of hydrogen-bond acceptors (Lipinski definition) is 5. The summed E-state index contributed by atoms with van der Waals surface area (Å²) >= 11 is 0. The van der Waals surface area contributed by atoms with Gasteiger partial charge in [0.05, 0.1) is 29.8 Å². The highest BCUT2D eigenvalue weighted by atomic mass is 32.2. The highest BCUT2D eigenvalue weighted by Crippen LogP contribution is 2.35. The first-order chi connectivity index (χ1) is 17.8. The molecule has 0 bridgehead atoms. The summed E-state index contributed by atoms with van der Waals surface area (Å²) in [5.74, 6) is 1.46. The predicted octanol–water partition coefficient (Wildman–Crippen LogP) is 6.97. The number of pyridine rings is 1. The Morgan fingerprint density at radius 3 is 2.03 bits per heavy atom. The molecule has 0 amide bonds. The van der Waals surface area contributed by atoms with Gasteiger partial charge in [-0.3, -0.25) is 0 Å². The molecule has 2 heterocycles.